The van der Waals surface area contributed by atoms with Crippen molar-refractivity contribution in [3.05, 3.63) is 89.5 Å². The first-order valence-electron chi connectivity index (χ1n) is 10.5. The number of hydrogen-bond acceptors (Lipinski definition) is 5. The topological polar surface area (TPSA) is 78.8 Å². The van der Waals surface area contributed by atoms with Gasteiger partial charge in [-0.05, 0) is 61.1 Å². The molecule has 0 aliphatic rings. The van der Waals surface area contributed by atoms with Gasteiger partial charge in [0.05, 0.1) is 16.8 Å². The van der Waals surface area contributed by atoms with Crippen LogP contribution in [0.25, 0.3) is 0 Å². The number of benzene rings is 3. The van der Waals surface area contributed by atoms with Gasteiger partial charge in [-0.15, -0.1) is 11.8 Å². The molecule has 3 rings (SSSR count). The summed E-state index contributed by atoms with van der Waals surface area (Å²) in [5.41, 5.74) is 5.54. The van der Waals surface area contributed by atoms with Crippen molar-refractivity contribution < 1.29 is 13.2 Å². The van der Waals surface area contributed by atoms with E-state index in [1.54, 1.807) is 48.2 Å². The first-order chi connectivity index (χ1) is 15.8. The molecular formula is C25H27N3O3S2. The van der Waals surface area contributed by atoms with E-state index >= 15 is 0 Å². The van der Waals surface area contributed by atoms with Crippen molar-refractivity contribution in [3.63, 3.8) is 0 Å². The van der Waals surface area contributed by atoms with Crippen molar-refractivity contribution >= 4 is 39.6 Å². The van der Waals surface area contributed by atoms with Gasteiger partial charge < -0.3 is 0 Å². The SMILES string of the molecule is CCc1ccccc1N(CC(=O)N/N=C/c1ccc(SC)cc1)S(=O)(=O)c1ccc(C)cc1. The number of carbonyl (C=O) groups is 1. The highest BCUT2D eigenvalue weighted by Crippen LogP contribution is 2.27. The number of sulfonamides is 1. The van der Waals surface area contributed by atoms with Crippen molar-refractivity contribution in [1.82, 2.24) is 5.43 Å². The minimum Gasteiger partial charge on any atom is -0.271 e. The first-order valence-corrected chi connectivity index (χ1v) is 13.1. The molecule has 33 heavy (non-hydrogen) atoms. The van der Waals surface area contributed by atoms with Gasteiger partial charge in [0.1, 0.15) is 6.54 Å². The summed E-state index contributed by atoms with van der Waals surface area (Å²) in [5.74, 6) is -0.534. The molecule has 172 valence electrons. The van der Waals surface area contributed by atoms with Crippen LogP contribution < -0.4 is 9.73 Å². The van der Waals surface area contributed by atoms with Gasteiger partial charge in [0.25, 0.3) is 15.9 Å². The maximum absolute atomic E-state index is 13.5. The summed E-state index contributed by atoms with van der Waals surface area (Å²) in [5, 5.41) is 4.00. The highest BCUT2D eigenvalue weighted by molar-refractivity contribution is 7.98. The van der Waals surface area contributed by atoms with Crippen molar-refractivity contribution in [2.75, 3.05) is 17.1 Å². The lowest BCUT2D eigenvalue weighted by Gasteiger charge is -2.25. The number of aryl methyl sites for hydroxylation is 2. The lowest BCUT2D eigenvalue weighted by molar-refractivity contribution is -0.119. The average molecular weight is 482 g/mol. The van der Waals surface area contributed by atoms with E-state index in [1.807, 2.05) is 56.5 Å². The third kappa shape index (κ3) is 6.24. The van der Waals surface area contributed by atoms with Crippen molar-refractivity contribution in [3.8, 4) is 0 Å². The van der Waals surface area contributed by atoms with E-state index < -0.39 is 22.5 Å². The number of rotatable bonds is 9. The Labute approximate surface area is 199 Å². The predicted octanol–water partition coefficient (Wildman–Crippen LogP) is 4.62. The number of thioether (sulfide) groups is 1. The summed E-state index contributed by atoms with van der Waals surface area (Å²) >= 11 is 1.64. The first kappa shape index (κ1) is 24.5. The lowest BCUT2D eigenvalue weighted by Crippen LogP contribution is -2.40. The molecule has 0 aliphatic heterocycles. The second-order valence-electron chi connectivity index (χ2n) is 7.37. The number of nitrogens with zero attached hydrogens (tertiary/aromatic N) is 2. The zero-order valence-corrected chi connectivity index (χ0v) is 20.5. The lowest BCUT2D eigenvalue weighted by atomic mass is 10.1. The molecule has 0 atom stereocenters. The van der Waals surface area contributed by atoms with Crippen LogP contribution in [-0.4, -0.2) is 33.3 Å². The molecule has 3 aromatic carbocycles. The average Bonchev–Trinajstić information content (AvgIpc) is 2.83. The molecule has 6 nitrogen and oxygen atoms in total. The van der Waals surface area contributed by atoms with Gasteiger partial charge in [0.15, 0.2) is 0 Å². The summed E-state index contributed by atoms with van der Waals surface area (Å²) in [4.78, 5) is 14.0. The molecule has 0 heterocycles. The van der Waals surface area contributed by atoms with Crippen LogP contribution >= 0.6 is 11.8 Å². The van der Waals surface area contributed by atoms with Crippen LogP contribution in [0.1, 0.15) is 23.6 Å². The Morgan fingerprint density at radius 3 is 2.33 bits per heavy atom. The van der Waals surface area contributed by atoms with E-state index in [-0.39, 0.29) is 4.90 Å². The highest BCUT2D eigenvalue weighted by Gasteiger charge is 2.28. The van der Waals surface area contributed by atoms with E-state index in [2.05, 4.69) is 10.5 Å². The molecule has 0 aromatic heterocycles. The summed E-state index contributed by atoms with van der Waals surface area (Å²) in [6, 6.07) is 21.5. The van der Waals surface area contributed by atoms with E-state index in [1.165, 1.54) is 6.21 Å². The fourth-order valence-corrected chi connectivity index (χ4v) is 5.09. The second-order valence-corrected chi connectivity index (χ2v) is 10.1. The molecule has 0 bridgehead atoms. The molecule has 1 amide bonds. The van der Waals surface area contributed by atoms with Gasteiger partial charge in [-0.25, -0.2) is 13.8 Å². The van der Waals surface area contributed by atoms with Gasteiger partial charge in [-0.3, -0.25) is 9.10 Å². The minimum atomic E-state index is -3.97. The maximum Gasteiger partial charge on any atom is 0.264 e. The molecule has 0 unspecified atom stereocenters. The van der Waals surface area contributed by atoms with Gasteiger partial charge in [-0.2, -0.15) is 5.10 Å². The van der Waals surface area contributed by atoms with Gasteiger partial charge >= 0.3 is 0 Å². The smallest absolute Gasteiger partial charge is 0.264 e. The zero-order valence-electron chi connectivity index (χ0n) is 18.9. The maximum atomic E-state index is 13.5. The molecule has 0 fully saturated rings. The van der Waals surface area contributed by atoms with Crippen LogP contribution in [-0.2, 0) is 21.2 Å². The quantitative estimate of drug-likeness (QED) is 0.275. The van der Waals surface area contributed by atoms with Gasteiger partial charge in [0.2, 0.25) is 0 Å². The Kier molecular flexibility index (Phi) is 8.30. The Morgan fingerprint density at radius 1 is 1.03 bits per heavy atom. The van der Waals surface area contributed by atoms with E-state index in [0.717, 1.165) is 25.9 Å². The molecule has 8 heteroatoms. The predicted molar refractivity (Wildman–Crippen MR) is 135 cm³/mol. The molecule has 0 aliphatic carbocycles. The van der Waals surface area contributed by atoms with Crippen molar-refractivity contribution in [2.24, 2.45) is 5.10 Å². The number of carbonyl (C=O) groups excluding carboxylic acids is 1. The summed E-state index contributed by atoms with van der Waals surface area (Å²) < 4.78 is 28.2. The molecule has 3 aromatic rings. The standard InChI is InChI=1S/C25H27N3O3S2/c1-4-21-7-5-6-8-24(21)28(33(30,31)23-15-9-19(2)10-16-23)18-25(29)27-26-17-20-11-13-22(32-3)14-12-20/h5-17H,4,18H2,1-3H3,(H,27,29)/b26-17+. The monoisotopic (exact) mass is 481 g/mol. The van der Waals surface area contributed by atoms with Crippen LogP contribution in [0.2, 0.25) is 0 Å². The summed E-state index contributed by atoms with van der Waals surface area (Å²) in [7, 11) is -3.97. The third-order valence-electron chi connectivity index (χ3n) is 5.06. The number of anilines is 1. The highest BCUT2D eigenvalue weighted by atomic mass is 32.2. The number of hydrazone groups is 1. The van der Waals surface area contributed by atoms with E-state index in [4.69, 9.17) is 0 Å². The Morgan fingerprint density at radius 2 is 1.70 bits per heavy atom. The molecule has 0 saturated heterocycles. The molecule has 0 spiro atoms. The Balaban J connectivity index is 1.85. The second kappa shape index (κ2) is 11.2. The fraction of sp³-hybridized carbons (Fsp3) is 0.200. The van der Waals surface area contributed by atoms with Crippen molar-refractivity contribution in [1.29, 1.82) is 0 Å². The van der Waals surface area contributed by atoms with E-state index in [0.29, 0.717) is 12.1 Å². The zero-order chi connectivity index (χ0) is 23.8. The van der Waals surface area contributed by atoms with Crippen LogP contribution in [0.15, 0.2) is 87.7 Å². The largest absolute Gasteiger partial charge is 0.271 e. The Bertz CT molecular complexity index is 1220. The summed E-state index contributed by atoms with van der Waals surface area (Å²) in [6.07, 6.45) is 4.15. The summed E-state index contributed by atoms with van der Waals surface area (Å²) in [6.45, 7) is 3.44. The number of hydrogen-bond donors (Lipinski definition) is 1. The third-order valence-corrected chi connectivity index (χ3v) is 7.57. The number of nitrogens with one attached hydrogen (secondary N) is 1. The fourth-order valence-electron chi connectivity index (χ4n) is 3.22. The van der Waals surface area contributed by atoms with Gasteiger partial charge in [-0.1, -0.05) is 55.0 Å². The number of para-hydroxylation sites is 1. The van der Waals surface area contributed by atoms with Gasteiger partial charge in [0, 0.05) is 4.90 Å². The Hall–Kier alpha value is -3.10. The van der Waals surface area contributed by atoms with Crippen LogP contribution in [0, 0.1) is 6.92 Å². The molecule has 0 radical (unpaired) electrons. The normalized spacial score (nSPS) is 11.5. The van der Waals surface area contributed by atoms with Crippen LogP contribution in [0.3, 0.4) is 0 Å². The van der Waals surface area contributed by atoms with Crippen LogP contribution in [0.4, 0.5) is 5.69 Å². The van der Waals surface area contributed by atoms with Crippen LogP contribution in [0.5, 0.6) is 0 Å². The molecule has 0 saturated carbocycles. The number of amides is 1. The van der Waals surface area contributed by atoms with Crippen molar-refractivity contribution in [2.45, 2.75) is 30.1 Å². The minimum absolute atomic E-state index is 0.129. The molecule has 1 N–H and O–H groups in total. The van der Waals surface area contributed by atoms with E-state index in [9.17, 15) is 13.2 Å². The molecular weight excluding hydrogens is 454 g/mol.